The highest BCUT2D eigenvalue weighted by Crippen LogP contribution is 1.95. The van der Waals surface area contributed by atoms with Gasteiger partial charge in [-0.1, -0.05) is 26.7 Å². The van der Waals surface area contributed by atoms with Gasteiger partial charge in [-0.25, -0.2) is 0 Å². The summed E-state index contributed by atoms with van der Waals surface area (Å²) >= 11 is 0. The third kappa shape index (κ3) is 14.9. The minimum absolute atomic E-state index is 0.0976. The molecule has 162 valence electrons. The van der Waals surface area contributed by atoms with E-state index in [2.05, 4.69) is 10.6 Å². The smallest absolute Gasteiger partial charge is 0.317 e. The van der Waals surface area contributed by atoms with Crippen molar-refractivity contribution in [3.63, 3.8) is 0 Å². The molecule has 0 saturated carbocycles. The van der Waals surface area contributed by atoms with Gasteiger partial charge in [0.15, 0.2) is 0 Å². The van der Waals surface area contributed by atoms with Gasteiger partial charge in [-0.15, -0.1) is 0 Å². The van der Waals surface area contributed by atoms with Crippen LogP contribution < -0.4 is 10.6 Å². The number of hydrogen-bond acceptors (Lipinski definition) is 6. The Morgan fingerprint density at radius 3 is 1.32 bits per heavy atom. The van der Waals surface area contributed by atoms with E-state index < -0.39 is 11.9 Å². The number of rotatable bonds is 17. The van der Waals surface area contributed by atoms with E-state index in [0.29, 0.717) is 13.1 Å². The zero-order chi connectivity index (χ0) is 21.4. The molecule has 0 unspecified atom stereocenters. The summed E-state index contributed by atoms with van der Waals surface area (Å²) in [5, 5.41) is 23.5. The van der Waals surface area contributed by atoms with Crippen molar-refractivity contribution in [2.75, 3.05) is 52.4 Å². The summed E-state index contributed by atoms with van der Waals surface area (Å²) in [6.45, 7) is 4.48. The van der Waals surface area contributed by atoms with Crippen molar-refractivity contribution in [2.45, 2.75) is 39.5 Å². The average Bonchev–Trinajstić information content (AvgIpc) is 2.59. The predicted octanol–water partition coefficient (Wildman–Crippen LogP) is -0.408. The Balaban J connectivity index is 4.67. The molecule has 0 atom stereocenters. The predicted molar refractivity (Wildman–Crippen MR) is 104 cm³/mol. The first-order valence-corrected chi connectivity index (χ1v) is 9.70. The highest BCUT2D eigenvalue weighted by atomic mass is 16.4. The second-order valence-electron chi connectivity index (χ2n) is 6.62. The summed E-state index contributed by atoms with van der Waals surface area (Å²) in [4.78, 5) is 48.8. The summed E-state index contributed by atoms with van der Waals surface area (Å²) < 4.78 is 0. The van der Waals surface area contributed by atoms with Crippen molar-refractivity contribution in [1.29, 1.82) is 0 Å². The minimum Gasteiger partial charge on any atom is -0.480 e. The van der Waals surface area contributed by atoms with Gasteiger partial charge in [0.2, 0.25) is 11.8 Å². The van der Waals surface area contributed by atoms with Crippen molar-refractivity contribution in [2.24, 2.45) is 0 Å². The maximum atomic E-state index is 11.9. The highest BCUT2D eigenvalue weighted by Gasteiger charge is 2.18. The number of carboxylic acid groups (broad SMARTS) is 2. The van der Waals surface area contributed by atoms with Crippen LogP contribution in [-0.2, 0) is 19.2 Å². The van der Waals surface area contributed by atoms with Crippen LogP contribution in [0.3, 0.4) is 0 Å². The van der Waals surface area contributed by atoms with E-state index in [1.165, 1.54) is 9.80 Å². The molecule has 4 N–H and O–H groups in total. The number of carbonyl (C=O) groups excluding carboxylic acids is 2. The second-order valence-corrected chi connectivity index (χ2v) is 6.62. The minimum atomic E-state index is -1.08. The Bertz CT molecular complexity index is 456. The lowest BCUT2D eigenvalue weighted by atomic mass is 10.3. The summed E-state index contributed by atoms with van der Waals surface area (Å²) in [6.07, 6.45) is 3.54. The molecular weight excluding hydrogens is 368 g/mol. The van der Waals surface area contributed by atoms with Gasteiger partial charge in [0.1, 0.15) is 0 Å². The van der Waals surface area contributed by atoms with Gasteiger partial charge in [0, 0.05) is 26.2 Å². The molecule has 0 radical (unpaired) electrons. The maximum absolute atomic E-state index is 11.9. The molecule has 0 aliphatic carbocycles. The number of carbonyl (C=O) groups is 4. The normalized spacial score (nSPS) is 10.9. The van der Waals surface area contributed by atoms with Crippen LogP contribution in [0.4, 0.5) is 0 Å². The quantitative estimate of drug-likeness (QED) is 0.241. The van der Waals surface area contributed by atoms with Crippen LogP contribution in [0.5, 0.6) is 0 Å². The average molecular weight is 402 g/mol. The molecule has 0 heterocycles. The van der Waals surface area contributed by atoms with Crippen LogP contribution in [0.2, 0.25) is 0 Å². The fourth-order valence-corrected chi connectivity index (χ4v) is 2.42. The van der Waals surface area contributed by atoms with E-state index in [1.54, 1.807) is 0 Å². The van der Waals surface area contributed by atoms with Crippen molar-refractivity contribution in [3.05, 3.63) is 0 Å². The van der Waals surface area contributed by atoms with E-state index in [1.807, 2.05) is 13.8 Å². The van der Waals surface area contributed by atoms with Gasteiger partial charge in [-0.3, -0.25) is 29.0 Å². The molecule has 10 nitrogen and oxygen atoms in total. The van der Waals surface area contributed by atoms with Crippen LogP contribution >= 0.6 is 0 Å². The van der Waals surface area contributed by atoms with Gasteiger partial charge in [0.05, 0.1) is 26.2 Å². The Labute approximate surface area is 166 Å². The number of amides is 2. The molecule has 0 bridgehead atoms. The van der Waals surface area contributed by atoms with Gasteiger partial charge in [-0.2, -0.15) is 0 Å². The monoisotopic (exact) mass is 402 g/mol. The molecule has 0 aliphatic rings. The number of carboxylic acids is 2. The maximum Gasteiger partial charge on any atom is 0.317 e. The van der Waals surface area contributed by atoms with E-state index >= 15 is 0 Å². The molecule has 0 spiro atoms. The Kier molecular flexibility index (Phi) is 14.6. The highest BCUT2D eigenvalue weighted by molar-refractivity contribution is 5.79. The van der Waals surface area contributed by atoms with Gasteiger partial charge < -0.3 is 20.8 Å². The molecule has 0 aromatic heterocycles. The molecule has 0 saturated heterocycles. The topological polar surface area (TPSA) is 139 Å². The van der Waals surface area contributed by atoms with Gasteiger partial charge in [0.25, 0.3) is 0 Å². The standard InChI is InChI=1S/C18H34N4O6/c1-3-5-7-19-15(23)11-21(13-17(25)26)9-10-22(14-18(27)28)12-16(24)20-8-6-4-2/h3-14H2,1-2H3,(H,19,23)(H,20,24)(H,25,26)(H,27,28). The zero-order valence-corrected chi connectivity index (χ0v) is 16.9. The summed E-state index contributed by atoms with van der Waals surface area (Å²) in [7, 11) is 0. The lowest BCUT2D eigenvalue weighted by Gasteiger charge is -2.25. The molecule has 2 amide bonds. The number of aliphatic carboxylic acids is 2. The molecule has 0 fully saturated rings. The lowest BCUT2D eigenvalue weighted by molar-refractivity contribution is -0.141. The van der Waals surface area contributed by atoms with E-state index in [9.17, 15) is 19.2 Å². The molecule has 0 rings (SSSR count). The third-order valence-corrected chi connectivity index (χ3v) is 3.89. The number of nitrogens with one attached hydrogen (secondary N) is 2. The molecule has 0 aliphatic heterocycles. The molecule has 0 aromatic rings. The van der Waals surface area contributed by atoms with Crippen LogP contribution in [0.1, 0.15) is 39.5 Å². The van der Waals surface area contributed by atoms with Crippen LogP contribution in [0, 0.1) is 0 Å². The summed E-state index contributed by atoms with van der Waals surface area (Å²) in [5.74, 6) is -2.72. The number of unbranched alkanes of at least 4 members (excludes halogenated alkanes) is 2. The fourth-order valence-electron chi connectivity index (χ4n) is 2.42. The zero-order valence-electron chi connectivity index (χ0n) is 16.9. The number of nitrogens with zero attached hydrogens (tertiary/aromatic N) is 2. The van der Waals surface area contributed by atoms with Crippen LogP contribution in [-0.4, -0.2) is 96.1 Å². The van der Waals surface area contributed by atoms with Gasteiger partial charge >= 0.3 is 11.9 Å². The first-order valence-electron chi connectivity index (χ1n) is 9.70. The molecule has 10 heteroatoms. The van der Waals surface area contributed by atoms with Gasteiger partial charge in [-0.05, 0) is 12.8 Å². The van der Waals surface area contributed by atoms with Crippen molar-refractivity contribution < 1.29 is 29.4 Å². The SMILES string of the molecule is CCCCNC(=O)CN(CCN(CC(=O)O)CC(=O)NCCCC)CC(=O)O. The van der Waals surface area contributed by atoms with Crippen molar-refractivity contribution in [3.8, 4) is 0 Å². The summed E-state index contributed by atoms with van der Waals surface area (Å²) in [5.41, 5.74) is 0. The van der Waals surface area contributed by atoms with E-state index in [0.717, 1.165) is 25.7 Å². The first kappa shape index (κ1) is 25.8. The molecule has 0 aromatic carbocycles. The third-order valence-electron chi connectivity index (χ3n) is 3.89. The molecule has 28 heavy (non-hydrogen) atoms. The second kappa shape index (κ2) is 15.8. The number of hydrogen-bond donors (Lipinski definition) is 4. The Morgan fingerprint density at radius 1 is 0.679 bits per heavy atom. The van der Waals surface area contributed by atoms with Crippen molar-refractivity contribution in [1.82, 2.24) is 20.4 Å². The molecular formula is C18H34N4O6. The lowest BCUT2D eigenvalue weighted by Crippen LogP contribution is -2.46. The van der Waals surface area contributed by atoms with Crippen molar-refractivity contribution >= 4 is 23.8 Å². The fraction of sp³-hybridized carbons (Fsp3) is 0.778. The van der Waals surface area contributed by atoms with E-state index in [-0.39, 0.29) is 51.1 Å². The van der Waals surface area contributed by atoms with Crippen LogP contribution in [0.25, 0.3) is 0 Å². The Hall–Kier alpha value is -2.20. The summed E-state index contributed by atoms with van der Waals surface area (Å²) in [6, 6.07) is 0. The van der Waals surface area contributed by atoms with E-state index in [4.69, 9.17) is 10.2 Å². The Morgan fingerprint density at radius 2 is 1.04 bits per heavy atom. The largest absolute Gasteiger partial charge is 0.480 e. The first-order chi connectivity index (χ1) is 13.3. The van der Waals surface area contributed by atoms with Crippen LogP contribution in [0.15, 0.2) is 0 Å².